The number of aliphatic hydroxyl groups excluding tert-OH is 1. The van der Waals surface area contributed by atoms with Crippen molar-refractivity contribution in [1.29, 1.82) is 0 Å². The topological polar surface area (TPSA) is 143 Å². The van der Waals surface area contributed by atoms with Crippen LogP contribution in [0.5, 0.6) is 5.75 Å². The van der Waals surface area contributed by atoms with Crippen LogP contribution in [0.4, 0.5) is 11.9 Å². The van der Waals surface area contributed by atoms with E-state index in [1.807, 2.05) is 32.9 Å². The lowest BCUT2D eigenvalue weighted by molar-refractivity contribution is -0.124. The minimum atomic E-state index is -3.58. The molecule has 35 heavy (non-hydrogen) atoms. The standard InChI is InChI=1S/C23H33N5O5S2/c1-14(2)9-18(11-29)24-21-25-22(28-35(4,31)32)27-23(26-21)34-13-16-6-8-20-17(10-16)7-5-15(3)19(30)12-33-20/h6,8,10,14-15,18,29H,5,7,9,11-13H2,1-4H3,(H2,24,25,26,27,28)/t15?,18-/m1/s1. The van der Waals surface area contributed by atoms with Crippen LogP contribution in [0, 0.1) is 11.8 Å². The fourth-order valence-corrected chi connectivity index (χ4v) is 4.86. The minimum Gasteiger partial charge on any atom is -0.486 e. The molecule has 0 saturated heterocycles. The van der Waals surface area contributed by atoms with Gasteiger partial charge < -0.3 is 15.2 Å². The lowest BCUT2D eigenvalue weighted by atomic mass is 9.95. The molecule has 3 rings (SSSR count). The molecule has 12 heteroatoms. The van der Waals surface area contributed by atoms with Crippen molar-refractivity contribution < 1.29 is 23.1 Å². The number of aryl methyl sites for hydroxylation is 1. The number of ketones is 1. The molecule has 0 bridgehead atoms. The highest BCUT2D eigenvalue weighted by molar-refractivity contribution is 7.98. The summed E-state index contributed by atoms with van der Waals surface area (Å²) in [4.78, 5) is 24.8. The molecule has 0 spiro atoms. The molecule has 2 heterocycles. The zero-order valence-electron chi connectivity index (χ0n) is 20.4. The zero-order valence-corrected chi connectivity index (χ0v) is 22.1. The number of nitrogens with one attached hydrogen (secondary N) is 2. The van der Waals surface area contributed by atoms with Crippen LogP contribution in [0.25, 0.3) is 0 Å². The Labute approximate surface area is 210 Å². The third-order valence-corrected chi connectivity index (χ3v) is 6.93. The van der Waals surface area contributed by atoms with Crippen LogP contribution in [-0.4, -0.2) is 59.8 Å². The van der Waals surface area contributed by atoms with E-state index in [1.54, 1.807) is 0 Å². The number of carbonyl (C=O) groups excluding carboxylic acids is 1. The number of thioether (sulfide) groups is 1. The van der Waals surface area contributed by atoms with Gasteiger partial charge in [0.05, 0.1) is 18.9 Å². The average Bonchev–Trinajstić information content (AvgIpc) is 2.77. The Morgan fingerprint density at radius 1 is 1.23 bits per heavy atom. The van der Waals surface area contributed by atoms with E-state index >= 15 is 0 Å². The second kappa shape index (κ2) is 12.0. The summed E-state index contributed by atoms with van der Waals surface area (Å²) in [6.45, 7) is 5.99. The fraction of sp³-hybridized carbons (Fsp3) is 0.565. The molecule has 10 nitrogen and oxygen atoms in total. The smallest absolute Gasteiger partial charge is 0.242 e. The Bertz CT molecular complexity index is 1140. The highest BCUT2D eigenvalue weighted by atomic mass is 32.2. The van der Waals surface area contributed by atoms with Gasteiger partial charge in [-0.05, 0) is 42.4 Å². The first kappa shape index (κ1) is 27.2. The highest BCUT2D eigenvalue weighted by Gasteiger charge is 2.20. The Morgan fingerprint density at radius 3 is 2.66 bits per heavy atom. The van der Waals surface area contributed by atoms with Crippen LogP contribution in [0.1, 0.15) is 44.7 Å². The molecule has 0 saturated carbocycles. The number of hydrogen-bond acceptors (Lipinski definition) is 10. The van der Waals surface area contributed by atoms with Crippen molar-refractivity contribution in [1.82, 2.24) is 15.0 Å². The largest absolute Gasteiger partial charge is 0.486 e. The average molecular weight is 524 g/mol. The molecule has 1 aliphatic rings. The SMILES string of the molecule is CC(C)C[C@H](CO)Nc1nc(NS(C)(=O)=O)nc(SCc2ccc3c(c2)CCC(C)C(=O)CO3)n1. The molecule has 2 aromatic rings. The van der Waals surface area contributed by atoms with E-state index in [4.69, 9.17) is 4.74 Å². The first-order valence-corrected chi connectivity index (χ1v) is 14.4. The number of rotatable bonds is 10. The van der Waals surface area contributed by atoms with Crippen LogP contribution in [0.2, 0.25) is 0 Å². The van der Waals surface area contributed by atoms with Crippen molar-refractivity contribution in [2.45, 2.75) is 57.0 Å². The van der Waals surface area contributed by atoms with Crippen molar-refractivity contribution >= 4 is 39.5 Å². The molecule has 3 N–H and O–H groups in total. The lowest BCUT2D eigenvalue weighted by Gasteiger charge is -2.19. The third-order valence-electron chi connectivity index (χ3n) is 5.46. The molecule has 1 aliphatic heterocycles. The molecule has 2 atom stereocenters. The van der Waals surface area contributed by atoms with Crippen molar-refractivity contribution in [3.05, 3.63) is 29.3 Å². The van der Waals surface area contributed by atoms with Crippen LogP contribution in [0.3, 0.4) is 0 Å². The molecule has 192 valence electrons. The van der Waals surface area contributed by atoms with Crippen LogP contribution in [0.15, 0.2) is 23.4 Å². The summed E-state index contributed by atoms with van der Waals surface area (Å²) in [6.07, 6.45) is 3.25. The van der Waals surface area contributed by atoms with Gasteiger partial charge in [0.25, 0.3) is 0 Å². The maximum Gasteiger partial charge on any atom is 0.242 e. The maximum atomic E-state index is 12.0. The summed E-state index contributed by atoms with van der Waals surface area (Å²) < 4.78 is 31.5. The first-order valence-electron chi connectivity index (χ1n) is 11.5. The lowest BCUT2D eigenvalue weighted by Crippen LogP contribution is -2.27. The van der Waals surface area contributed by atoms with Gasteiger partial charge in [-0.25, -0.2) is 8.42 Å². The number of benzene rings is 1. The van der Waals surface area contributed by atoms with E-state index in [9.17, 15) is 18.3 Å². The number of anilines is 2. The number of nitrogens with zero attached hydrogens (tertiary/aromatic N) is 3. The van der Waals surface area contributed by atoms with Crippen LogP contribution < -0.4 is 14.8 Å². The van der Waals surface area contributed by atoms with E-state index in [-0.39, 0.29) is 42.9 Å². The number of Topliss-reactive ketones (excluding diaryl/α,β-unsaturated/α-hetero) is 1. The summed E-state index contributed by atoms with van der Waals surface area (Å²) in [6, 6.07) is 5.60. The second-order valence-corrected chi connectivity index (χ2v) is 11.9. The first-order chi connectivity index (χ1) is 16.5. The molecular weight excluding hydrogens is 490 g/mol. The van der Waals surface area contributed by atoms with Crippen molar-refractivity contribution in [3.8, 4) is 5.75 Å². The number of hydrogen-bond donors (Lipinski definition) is 3. The van der Waals surface area contributed by atoms with E-state index in [0.29, 0.717) is 23.2 Å². The van der Waals surface area contributed by atoms with Crippen molar-refractivity contribution in [2.24, 2.45) is 11.8 Å². The molecule has 0 fully saturated rings. The summed E-state index contributed by atoms with van der Waals surface area (Å²) in [5, 5.41) is 13.1. The van der Waals surface area contributed by atoms with E-state index in [1.165, 1.54) is 11.8 Å². The summed E-state index contributed by atoms with van der Waals surface area (Å²) in [7, 11) is -3.58. The maximum absolute atomic E-state index is 12.0. The van der Waals surface area contributed by atoms with Gasteiger partial charge in [-0.3, -0.25) is 9.52 Å². The number of ether oxygens (including phenoxy) is 1. The predicted octanol–water partition coefficient (Wildman–Crippen LogP) is 2.88. The number of carbonyl (C=O) groups is 1. The second-order valence-electron chi connectivity index (χ2n) is 9.22. The van der Waals surface area contributed by atoms with Crippen LogP contribution >= 0.6 is 11.8 Å². The van der Waals surface area contributed by atoms with Gasteiger partial charge in [-0.1, -0.05) is 44.7 Å². The molecule has 1 unspecified atom stereocenters. The number of fused-ring (bicyclic) bond motifs is 1. The Kier molecular flexibility index (Phi) is 9.31. The molecule has 1 aromatic heterocycles. The Balaban J connectivity index is 1.78. The molecule has 0 radical (unpaired) electrons. The van der Waals surface area contributed by atoms with E-state index in [0.717, 1.165) is 36.0 Å². The van der Waals surface area contributed by atoms with Gasteiger partial charge in [-0.2, -0.15) is 15.0 Å². The number of aliphatic hydroxyl groups is 1. The third kappa shape index (κ3) is 8.62. The highest BCUT2D eigenvalue weighted by Crippen LogP contribution is 2.29. The van der Waals surface area contributed by atoms with E-state index < -0.39 is 10.0 Å². The van der Waals surface area contributed by atoms with Gasteiger partial charge in [-0.15, -0.1) is 0 Å². The molecular formula is C23H33N5O5S2. The van der Waals surface area contributed by atoms with E-state index in [2.05, 4.69) is 31.1 Å². The number of sulfonamides is 1. The summed E-state index contributed by atoms with van der Waals surface area (Å²) >= 11 is 1.34. The van der Waals surface area contributed by atoms with Crippen molar-refractivity contribution in [3.63, 3.8) is 0 Å². The van der Waals surface area contributed by atoms with Gasteiger partial charge in [0.2, 0.25) is 21.9 Å². The monoisotopic (exact) mass is 523 g/mol. The molecule has 0 aliphatic carbocycles. The fourth-order valence-electron chi connectivity index (χ4n) is 3.66. The van der Waals surface area contributed by atoms with Gasteiger partial charge >= 0.3 is 0 Å². The summed E-state index contributed by atoms with van der Waals surface area (Å²) in [5.74, 6) is 1.80. The van der Waals surface area contributed by atoms with Crippen molar-refractivity contribution in [2.75, 3.05) is 29.5 Å². The summed E-state index contributed by atoms with van der Waals surface area (Å²) in [5.41, 5.74) is 2.08. The Hall–Kier alpha value is -2.44. The molecule has 0 amide bonds. The van der Waals surface area contributed by atoms with Gasteiger partial charge in [0.1, 0.15) is 12.4 Å². The minimum absolute atomic E-state index is 0.0310. The van der Waals surface area contributed by atoms with Crippen LogP contribution in [-0.2, 0) is 27.0 Å². The van der Waals surface area contributed by atoms with Gasteiger partial charge in [0.15, 0.2) is 10.9 Å². The number of aromatic nitrogens is 3. The Morgan fingerprint density at radius 2 is 1.97 bits per heavy atom. The quantitative estimate of drug-likeness (QED) is 0.398. The predicted molar refractivity (Wildman–Crippen MR) is 136 cm³/mol. The van der Waals surface area contributed by atoms with Gasteiger partial charge in [0, 0.05) is 11.7 Å². The molecule has 1 aromatic carbocycles. The zero-order chi connectivity index (χ0) is 25.6. The normalized spacial score (nSPS) is 17.2.